The lowest BCUT2D eigenvalue weighted by Crippen LogP contribution is -2.38. The number of hydrogen-bond donors (Lipinski definition) is 1. The Hall–Kier alpha value is -2.21. The maximum atomic E-state index is 6.19. The predicted octanol–water partition coefficient (Wildman–Crippen LogP) is 4.08. The number of nitrogens with zero attached hydrogens (tertiary/aromatic N) is 5. The number of anilines is 1. The Morgan fingerprint density at radius 3 is 2.80 bits per heavy atom. The van der Waals surface area contributed by atoms with Crippen LogP contribution in [0.2, 0.25) is 5.15 Å². The lowest BCUT2D eigenvalue weighted by atomic mass is 9.78. The molecule has 1 aliphatic heterocycles. The zero-order chi connectivity index (χ0) is 17.4. The van der Waals surface area contributed by atoms with Gasteiger partial charge in [0.25, 0.3) is 0 Å². The largest absolute Gasteiger partial charge is 0.355 e. The van der Waals surface area contributed by atoms with Crippen LogP contribution in [-0.2, 0) is 0 Å². The lowest BCUT2D eigenvalue weighted by Gasteiger charge is -2.39. The van der Waals surface area contributed by atoms with E-state index in [-0.39, 0.29) is 0 Å². The van der Waals surface area contributed by atoms with E-state index >= 15 is 0 Å². The van der Waals surface area contributed by atoms with Gasteiger partial charge in [-0.1, -0.05) is 31.9 Å². The number of fused-ring (bicyclic) bond motifs is 1. The van der Waals surface area contributed by atoms with E-state index in [1.54, 1.807) is 6.20 Å². The molecule has 0 aliphatic carbocycles. The van der Waals surface area contributed by atoms with Gasteiger partial charge in [-0.05, 0) is 30.4 Å². The Morgan fingerprint density at radius 1 is 1.28 bits per heavy atom. The van der Waals surface area contributed by atoms with Gasteiger partial charge in [-0.3, -0.25) is 5.10 Å². The molecular formula is C18H21ClN6. The minimum atomic E-state index is 0.425. The number of pyridine rings is 1. The molecule has 0 aromatic carbocycles. The third-order valence-electron chi connectivity index (χ3n) is 5.43. The Balaban J connectivity index is 1.64. The van der Waals surface area contributed by atoms with Gasteiger partial charge in [0, 0.05) is 24.8 Å². The number of aromatic nitrogens is 5. The maximum absolute atomic E-state index is 6.19. The normalized spacial score (nSPS) is 17.2. The molecule has 0 amide bonds. The zero-order valence-corrected chi connectivity index (χ0v) is 15.2. The van der Waals surface area contributed by atoms with Crippen LogP contribution in [0.4, 0.5) is 5.82 Å². The van der Waals surface area contributed by atoms with Crippen LogP contribution < -0.4 is 4.90 Å². The first-order chi connectivity index (χ1) is 12.1. The van der Waals surface area contributed by atoms with Gasteiger partial charge in [0.1, 0.15) is 16.5 Å². The average molecular weight is 357 g/mol. The van der Waals surface area contributed by atoms with Gasteiger partial charge in [-0.2, -0.15) is 5.10 Å². The van der Waals surface area contributed by atoms with Crippen LogP contribution in [0, 0.1) is 5.41 Å². The van der Waals surface area contributed by atoms with Crippen molar-refractivity contribution in [3.05, 3.63) is 29.7 Å². The Labute approximate surface area is 151 Å². The maximum Gasteiger partial charge on any atom is 0.202 e. The van der Waals surface area contributed by atoms with Crippen molar-refractivity contribution in [2.24, 2.45) is 5.41 Å². The highest BCUT2D eigenvalue weighted by molar-refractivity contribution is 6.32. The molecule has 4 rings (SSSR count). The molecule has 1 aliphatic rings. The first kappa shape index (κ1) is 16.3. The summed E-state index contributed by atoms with van der Waals surface area (Å²) < 4.78 is 0. The van der Waals surface area contributed by atoms with Crippen LogP contribution in [0.25, 0.3) is 22.4 Å². The number of aromatic amines is 1. The second-order valence-corrected chi connectivity index (χ2v) is 7.35. The number of hydrogen-bond acceptors (Lipinski definition) is 5. The monoisotopic (exact) mass is 356 g/mol. The van der Waals surface area contributed by atoms with Crippen molar-refractivity contribution in [2.75, 3.05) is 18.0 Å². The van der Waals surface area contributed by atoms with Crippen LogP contribution >= 0.6 is 11.6 Å². The Morgan fingerprint density at radius 2 is 2.08 bits per heavy atom. The third-order valence-corrected chi connectivity index (χ3v) is 5.73. The van der Waals surface area contributed by atoms with E-state index in [9.17, 15) is 0 Å². The fourth-order valence-corrected chi connectivity index (χ4v) is 3.54. The quantitative estimate of drug-likeness (QED) is 0.716. The van der Waals surface area contributed by atoms with Gasteiger partial charge in [-0.15, -0.1) is 0 Å². The van der Waals surface area contributed by atoms with Gasteiger partial charge >= 0.3 is 0 Å². The highest BCUT2D eigenvalue weighted by Crippen LogP contribution is 2.35. The first-order valence-corrected chi connectivity index (χ1v) is 9.04. The van der Waals surface area contributed by atoms with E-state index in [0.29, 0.717) is 21.7 Å². The molecule has 0 spiro atoms. The molecule has 3 aromatic rings. The summed E-state index contributed by atoms with van der Waals surface area (Å²) in [7, 11) is 0. The molecule has 6 nitrogen and oxygen atoms in total. The van der Waals surface area contributed by atoms with Gasteiger partial charge in [0.15, 0.2) is 0 Å². The molecule has 1 N–H and O–H groups in total. The van der Waals surface area contributed by atoms with E-state index in [1.807, 2.05) is 18.3 Å². The smallest absolute Gasteiger partial charge is 0.202 e. The zero-order valence-electron chi connectivity index (χ0n) is 14.5. The summed E-state index contributed by atoms with van der Waals surface area (Å²) in [5, 5.41) is 7.75. The summed E-state index contributed by atoms with van der Waals surface area (Å²) in [6.45, 7) is 6.67. The van der Waals surface area contributed by atoms with Crippen molar-refractivity contribution >= 4 is 28.6 Å². The second kappa shape index (κ2) is 6.26. The summed E-state index contributed by atoms with van der Waals surface area (Å²) in [6.07, 6.45) is 7.08. The topological polar surface area (TPSA) is 70.6 Å². The highest BCUT2D eigenvalue weighted by Gasteiger charge is 2.29. The van der Waals surface area contributed by atoms with E-state index in [4.69, 9.17) is 16.6 Å². The molecule has 1 fully saturated rings. The minimum absolute atomic E-state index is 0.425. The molecule has 0 radical (unpaired) electrons. The molecule has 0 bridgehead atoms. The molecule has 0 unspecified atom stereocenters. The summed E-state index contributed by atoms with van der Waals surface area (Å²) in [5.41, 5.74) is 3.31. The van der Waals surface area contributed by atoms with Crippen LogP contribution in [0.5, 0.6) is 0 Å². The molecule has 0 saturated carbocycles. The molecule has 130 valence electrons. The Kier molecular flexibility index (Phi) is 4.07. The van der Waals surface area contributed by atoms with Crippen molar-refractivity contribution in [2.45, 2.75) is 33.1 Å². The van der Waals surface area contributed by atoms with Crippen molar-refractivity contribution in [1.29, 1.82) is 0 Å². The summed E-state index contributed by atoms with van der Waals surface area (Å²) in [4.78, 5) is 15.7. The minimum Gasteiger partial charge on any atom is -0.355 e. The molecule has 25 heavy (non-hydrogen) atoms. The van der Waals surface area contributed by atoms with Crippen molar-refractivity contribution in [3.8, 4) is 11.3 Å². The van der Waals surface area contributed by atoms with Crippen molar-refractivity contribution in [3.63, 3.8) is 0 Å². The van der Waals surface area contributed by atoms with Gasteiger partial charge in [-0.25, -0.2) is 15.0 Å². The van der Waals surface area contributed by atoms with Gasteiger partial charge in [0.05, 0.1) is 11.9 Å². The second-order valence-electron chi connectivity index (χ2n) is 6.99. The number of halogens is 1. The molecule has 7 heteroatoms. The SMILES string of the molecule is CCC1(C)CCN(c2cnc3c(-c4cccnc4Cl)[nH]nc3n2)CC1. The summed E-state index contributed by atoms with van der Waals surface area (Å²) >= 11 is 6.19. The predicted molar refractivity (Wildman–Crippen MR) is 99.8 cm³/mol. The van der Waals surface area contributed by atoms with Gasteiger partial charge < -0.3 is 4.90 Å². The lowest BCUT2D eigenvalue weighted by molar-refractivity contribution is 0.238. The molecular weight excluding hydrogens is 336 g/mol. The van der Waals surface area contributed by atoms with E-state index in [1.165, 1.54) is 19.3 Å². The third kappa shape index (κ3) is 2.95. The number of piperidine rings is 1. The van der Waals surface area contributed by atoms with Gasteiger partial charge in [0.2, 0.25) is 5.65 Å². The standard InChI is InChI=1S/C18H21ClN6/c1-3-18(2)6-9-25(10-7-18)13-11-21-15-14(23-24-17(15)22-13)12-5-4-8-20-16(12)19/h4-5,8,11H,3,6-7,9-10H2,1-2H3,(H,22,23,24). The fourth-order valence-electron chi connectivity index (χ4n) is 3.33. The highest BCUT2D eigenvalue weighted by atomic mass is 35.5. The first-order valence-electron chi connectivity index (χ1n) is 8.66. The fraction of sp³-hybridized carbons (Fsp3) is 0.444. The van der Waals surface area contributed by atoms with E-state index in [0.717, 1.165) is 30.2 Å². The number of nitrogens with one attached hydrogen (secondary N) is 1. The van der Waals surface area contributed by atoms with E-state index in [2.05, 4.69) is 38.9 Å². The number of rotatable bonds is 3. The molecule has 0 atom stereocenters. The molecule has 3 aromatic heterocycles. The van der Waals surface area contributed by atoms with Crippen LogP contribution in [-0.4, -0.2) is 38.2 Å². The van der Waals surface area contributed by atoms with E-state index < -0.39 is 0 Å². The van der Waals surface area contributed by atoms with Crippen molar-refractivity contribution < 1.29 is 0 Å². The number of H-pyrrole nitrogens is 1. The molecule has 4 heterocycles. The van der Waals surface area contributed by atoms with Crippen LogP contribution in [0.1, 0.15) is 33.1 Å². The Bertz CT molecular complexity index is 897. The van der Waals surface area contributed by atoms with Crippen LogP contribution in [0.15, 0.2) is 24.5 Å². The molecule has 1 saturated heterocycles. The summed E-state index contributed by atoms with van der Waals surface area (Å²) in [5.74, 6) is 0.890. The van der Waals surface area contributed by atoms with Crippen LogP contribution in [0.3, 0.4) is 0 Å². The summed E-state index contributed by atoms with van der Waals surface area (Å²) in [6, 6.07) is 3.74. The average Bonchev–Trinajstić information content (AvgIpc) is 3.06. The van der Waals surface area contributed by atoms with Crippen molar-refractivity contribution in [1.82, 2.24) is 25.1 Å².